The summed E-state index contributed by atoms with van der Waals surface area (Å²) >= 11 is 0. The van der Waals surface area contributed by atoms with Crippen molar-refractivity contribution in [2.45, 2.75) is 19.6 Å². The van der Waals surface area contributed by atoms with Crippen molar-refractivity contribution in [3.05, 3.63) is 65.2 Å². The van der Waals surface area contributed by atoms with E-state index < -0.39 is 8.07 Å². The summed E-state index contributed by atoms with van der Waals surface area (Å²) in [7, 11) is -1.59. The predicted octanol–water partition coefficient (Wildman–Crippen LogP) is 3.86. The molecule has 3 heteroatoms. The molecule has 0 amide bonds. The SMILES string of the molecule is C[Si](C)(C)C#CC(=O)c1ccccc1C#Cc1cccc(O)c1. The van der Waals surface area contributed by atoms with Crippen LogP contribution >= 0.6 is 0 Å². The molecule has 0 saturated heterocycles. The fourth-order valence-corrected chi connectivity index (χ4v) is 2.31. The molecule has 0 aromatic heterocycles. The van der Waals surface area contributed by atoms with Crippen LogP contribution in [0.25, 0.3) is 0 Å². The van der Waals surface area contributed by atoms with Gasteiger partial charge >= 0.3 is 0 Å². The first-order valence-corrected chi connectivity index (χ1v) is 10.8. The Bertz CT molecular complexity index is 853. The Morgan fingerprint density at radius 3 is 2.43 bits per heavy atom. The first-order chi connectivity index (χ1) is 10.8. The van der Waals surface area contributed by atoms with Crippen LogP contribution in [-0.2, 0) is 0 Å². The molecule has 114 valence electrons. The third-order valence-corrected chi connectivity index (χ3v) is 3.79. The van der Waals surface area contributed by atoms with Crippen molar-refractivity contribution in [2.75, 3.05) is 0 Å². The second kappa shape index (κ2) is 7.00. The number of hydrogen-bond acceptors (Lipinski definition) is 2. The summed E-state index contributed by atoms with van der Waals surface area (Å²) < 4.78 is 0. The van der Waals surface area contributed by atoms with Crippen molar-refractivity contribution in [3.63, 3.8) is 0 Å². The average Bonchev–Trinajstić information content (AvgIpc) is 2.50. The molecule has 1 N–H and O–H groups in total. The molecule has 2 nitrogen and oxygen atoms in total. The quantitative estimate of drug-likeness (QED) is 0.492. The van der Waals surface area contributed by atoms with Crippen molar-refractivity contribution in [3.8, 4) is 29.1 Å². The Hall–Kier alpha value is -2.75. The molecule has 0 fully saturated rings. The molecule has 0 bridgehead atoms. The number of Topliss-reactive ketones (excluding diaryl/α,β-unsaturated/α-hetero) is 1. The third kappa shape index (κ3) is 5.18. The van der Waals surface area contributed by atoms with Crippen LogP contribution in [-0.4, -0.2) is 19.0 Å². The lowest BCUT2D eigenvalue weighted by Gasteiger charge is -2.03. The van der Waals surface area contributed by atoms with Gasteiger partial charge in [-0.15, -0.1) is 5.54 Å². The fourth-order valence-electron chi connectivity index (χ4n) is 1.82. The van der Waals surface area contributed by atoms with E-state index in [2.05, 4.69) is 42.9 Å². The van der Waals surface area contributed by atoms with Gasteiger partial charge < -0.3 is 5.11 Å². The number of hydrogen-bond donors (Lipinski definition) is 1. The van der Waals surface area contributed by atoms with E-state index in [1.165, 1.54) is 0 Å². The van der Waals surface area contributed by atoms with E-state index in [9.17, 15) is 9.90 Å². The summed E-state index contributed by atoms with van der Waals surface area (Å²) in [5.74, 6) is 8.68. The summed E-state index contributed by atoms with van der Waals surface area (Å²) in [6, 6.07) is 13.9. The van der Waals surface area contributed by atoms with E-state index in [-0.39, 0.29) is 11.5 Å². The lowest BCUT2D eigenvalue weighted by atomic mass is 10.0. The first-order valence-electron chi connectivity index (χ1n) is 7.33. The molecule has 0 aliphatic heterocycles. The van der Waals surface area contributed by atoms with Crippen molar-refractivity contribution < 1.29 is 9.90 Å². The molecule has 0 saturated carbocycles. The number of aromatic hydroxyl groups is 1. The molecule has 0 radical (unpaired) electrons. The number of carbonyl (C=O) groups is 1. The Labute approximate surface area is 138 Å². The van der Waals surface area contributed by atoms with Crippen molar-refractivity contribution in [1.29, 1.82) is 0 Å². The van der Waals surface area contributed by atoms with Crippen LogP contribution in [0.1, 0.15) is 21.5 Å². The highest BCUT2D eigenvalue weighted by molar-refractivity contribution is 6.84. The molecule has 0 atom stereocenters. The zero-order valence-corrected chi connectivity index (χ0v) is 14.5. The van der Waals surface area contributed by atoms with Crippen LogP contribution in [0.15, 0.2) is 48.5 Å². The Balaban J connectivity index is 2.35. The van der Waals surface area contributed by atoms with E-state index >= 15 is 0 Å². The lowest BCUT2D eigenvalue weighted by molar-refractivity contribution is 0.105. The van der Waals surface area contributed by atoms with Crippen LogP contribution in [0.4, 0.5) is 0 Å². The second-order valence-electron chi connectivity index (χ2n) is 6.18. The van der Waals surface area contributed by atoms with E-state index in [1.54, 1.807) is 30.3 Å². The largest absolute Gasteiger partial charge is 0.508 e. The molecular formula is C20H18O2Si. The first kappa shape index (κ1) is 16.6. The molecule has 23 heavy (non-hydrogen) atoms. The number of ketones is 1. The van der Waals surface area contributed by atoms with Gasteiger partial charge in [-0.25, -0.2) is 0 Å². The van der Waals surface area contributed by atoms with Crippen LogP contribution in [0.2, 0.25) is 19.6 Å². The fraction of sp³-hybridized carbons (Fsp3) is 0.150. The summed E-state index contributed by atoms with van der Waals surface area (Å²) in [6.07, 6.45) is 0. The van der Waals surface area contributed by atoms with Gasteiger partial charge in [-0.3, -0.25) is 4.79 Å². The second-order valence-corrected chi connectivity index (χ2v) is 10.9. The molecular weight excluding hydrogens is 300 g/mol. The maximum Gasteiger partial charge on any atom is 0.236 e. The number of phenols is 1. The van der Waals surface area contributed by atoms with E-state index in [1.807, 2.05) is 18.2 Å². The number of rotatable bonds is 1. The van der Waals surface area contributed by atoms with E-state index in [0.717, 1.165) is 0 Å². The number of carbonyl (C=O) groups excluding carboxylic acids is 1. The molecule has 0 heterocycles. The molecule has 0 spiro atoms. The third-order valence-electron chi connectivity index (χ3n) is 2.91. The molecule has 0 unspecified atom stereocenters. The zero-order chi connectivity index (χ0) is 16.9. The van der Waals surface area contributed by atoms with E-state index in [0.29, 0.717) is 16.7 Å². The van der Waals surface area contributed by atoms with Gasteiger partial charge in [0.05, 0.1) is 0 Å². The maximum atomic E-state index is 12.3. The topological polar surface area (TPSA) is 37.3 Å². The summed E-state index contributed by atoms with van der Waals surface area (Å²) in [5, 5.41) is 9.46. The van der Waals surface area contributed by atoms with Gasteiger partial charge in [0.15, 0.2) is 0 Å². The normalized spacial score (nSPS) is 10.0. The van der Waals surface area contributed by atoms with Gasteiger partial charge in [-0.2, -0.15) is 0 Å². The highest BCUT2D eigenvalue weighted by Gasteiger charge is 2.11. The number of phenolic OH excluding ortho intramolecular Hbond substituents is 1. The van der Waals surface area contributed by atoms with Crippen LogP contribution in [0.5, 0.6) is 5.75 Å². The van der Waals surface area contributed by atoms with Crippen LogP contribution in [0, 0.1) is 23.3 Å². The van der Waals surface area contributed by atoms with Gasteiger partial charge in [0.25, 0.3) is 0 Å². The van der Waals surface area contributed by atoms with Crippen LogP contribution < -0.4 is 0 Å². The molecule has 2 rings (SSSR count). The van der Waals surface area contributed by atoms with Crippen molar-refractivity contribution in [2.24, 2.45) is 0 Å². The van der Waals surface area contributed by atoms with Gasteiger partial charge in [0.2, 0.25) is 5.78 Å². The van der Waals surface area contributed by atoms with E-state index in [4.69, 9.17) is 0 Å². The maximum absolute atomic E-state index is 12.3. The average molecular weight is 318 g/mol. The Kier molecular flexibility index (Phi) is 5.06. The van der Waals surface area contributed by atoms with Crippen LogP contribution in [0.3, 0.4) is 0 Å². The Morgan fingerprint density at radius 1 is 1.00 bits per heavy atom. The van der Waals surface area contributed by atoms with Gasteiger partial charge in [0.1, 0.15) is 13.8 Å². The number of benzene rings is 2. The van der Waals surface area contributed by atoms with Gasteiger partial charge in [0, 0.05) is 16.7 Å². The summed E-state index contributed by atoms with van der Waals surface area (Å²) in [4.78, 5) is 12.3. The minimum absolute atomic E-state index is 0.169. The smallest absolute Gasteiger partial charge is 0.236 e. The standard InChI is InChI=1S/C20H18O2Si/c1-23(2,3)14-13-20(22)19-10-5-4-8-17(19)12-11-16-7-6-9-18(21)15-16/h4-10,15,21H,1-3H3. The summed E-state index contributed by atoms with van der Waals surface area (Å²) in [6.45, 7) is 6.29. The molecule has 2 aromatic carbocycles. The highest BCUT2D eigenvalue weighted by Crippen LogP contribution is 2.12. The lowest BCUT2D eigenvalue weighted by Crippen LogP contribution is -2.17. The Morgan fingerprint density at radius 2 is 1.74 bits per heavy atom. The predicted molar refractivity (Wildman–Crippen MR) is 96.0 cm³/mol. The van der Waals surface area contributed by atoms with Crippen molar-refractivity contribution >= 4 is 13.9 Å². The highest BCUT2D eigenvalue weighted by atomic mass is 28.3. The molecule has 2 aromatic rings. The van der Waals surface area contributed by atoms with Crippen molar-refractivity contribution in [1.82, 2.24) is 0 Å². The minimum atomic E-state index is -1.59. The minimum Gasteiger partial charge on any atom is -0.508 e. The molecule has 0 aliphatic rings. The zero-order valence-electron chi connectivity index (χ0n) is 13.5. The monoisotopic (exact) mass is 318 g/mol. The summed E-state index contributed by atoms with van der Waals surface area (Å²) in [5.41, 5.74) is 4.95. The molecule has 0 aliphatic carbocycles. The van der Waals surface area contributed by atoms with Gasteiger partial charge in [-0.1, -0.05) is 49.7 Å². The van der Waals surface area contributed by atoms with Gasteiger partial charge in [-0.05, 0) is 36.3 Å².